The van der Waals surface area contributed by atoms with Crippen LogP contribution in [0.1, 0.15) is 30.8 Å². The molecular formula is C22H27N3O4S. The van der Waals surface area contributed by atoms with E-state index in [0.717, 1.165) is 11.3 Å². The van der Waals surface area contributed by atoms with Crippen LogP contribution in [0.4, 0.5) is 0 Å². The lowest BCUT2D eigenvalue weighted by Gasteiger charge is -2.13. The largest absolute Gasteiger partial charge is 0.490 e. The lowest BCUT2D eigenvalue weighted by molar-refractivity contribution is 0.287. The molecule has 0 saturated heterocycles. The van der Waals surface area contributed by atoms with Crippen LogP contribution in [-0.2, 0) is 16.6 Å². The topological polar surface area (TPSA) is 82.5 Å². The van der Waals surface area contributed by atoms with Crippen molar-refractivity contribution in [2.24, 2.45) is 0 Å². The molecule has 3 aromatic rings. The molecule has 1 aromatic heterocycles. The van der Waals surface area contributed by atoms with Crippen molar-refractivity contribution < 1.29 is 17.9 Å². The molecule has 0 fully saturated rings. The van der Waals surface area contributed by atoms with Crippen LogP contribution >= 0.6 is 0 Å². The summed E-state index contributed by atoms with van der Waals surface area (Å²) < 4.78 is 41.6. The molecule has 0 atom stereocenters. The Balaban J connectivity index is 1.84. The first-order valence-electron chi connectivity index (χ1n) is 9.87. The van der Waals surface area contributed by atoms with E-state index in [0.29, 0.717) is 36.1 Å². The molecule has 0 aliphatic heterocycles. The molecule has 0 aliphatic rings. The molecule has 8 heteroatoms. The molecule has 1 heterocycles. The molecule has 1 N–H and O–H groups in total. The monoisotopic (exact) mass is 429 g/mol. The Hall–Kier alpha value is -2.84. The molecule has 160 valence electrons. The summed E-state index contributed by atoms with van der Waals surface area (Å²) in [5.74, 6) is 1.24. The highest BCUT2D eigenvalue weighted by molar-refractivity contribution is 7.89. The number of aryl methyl sites for hydroxylation is 1. The van der Waals surface area contributed by atoms with E-state index in [4.69, 9.17) is 9.47 Å². The quantitative estimate of drug-likeness (QED) is 0.560. The molecule has 3 rings (SSSR count). The van der Waals surface area contributed by atoms with Gasteiger partial charge in [0.05, 0.1) is 30.3 Å². The second kappa shape index (κ2) is 9.32. The highest BCUT2D eigenvalue weighted by Gasteiger charge is 2.25. The zero-order valence-electron chi connectivity index (χ0n) is 17.7. The molecule has 30 heavy (non-hydrogen) atoms. The minimum atomic E-state index is -3.76. The maximum Gasteiger partial charge on any atom is 0.244 e. The number of benzene rings is 2. The van der Waals surface area contributed by atoms with E-state index in [-0.39, 0.29) is 11.4 Å². The standard InChI is InChI=1S/C22H27N3O4S/c1-5-28-20-13-12-18(14-21(20)29-6-2)15-23-30(26,27)22-16(3)24-25(17(22)4)19-10-8-7-9-11-19/h7-14,23H,5-6,15H2,1-4H3. The summed E-state index contributed by atoms with van der Waals surface area (Å²) in [4.78, 5) is 0.197. The van der Waals surface area contributed by atoms with Crippen molar-refractivity contribution in [2.45, 2.75) is 39.1 Å². The van der Waals surface area contributed by atoms with Crippen LogP contribution in [0.25, 0.3) is 5.69 Å². The SMILES string of the molecule is CCOc1ccc(CNS(=O)(=O)c2c(C)nn(-c3ccccc3)c2C)cc1OCC. The highest BCUT2D eigenvalue weighted by Crippen LogP contribution is 2.29. The molecule has 0 unspecified atom stereocenters. The van der Waals surface area contributed by atoms with Gasteiger partial charge < -0.3 is 9.47 Å². The van der Waals surface area contributed by atoms with Gasteiger partial charge in [-0.25, -0.2) is 17.8 Å². The maximum atomic E-state index is 13.1. The Bertz CT molecular complexity index is 1110. The second-order valence-electron chi connectivity index (χ2n) is 6.72. The van der Waals surface area contributed by atoms with E-state index in [1.165, 1.54) is 0 Å². The Labute approximate surface area is 177 Å². The molecule has 7 nitrogen and oxygen atoms in total. The van der Waals surface area contributed by atoms with E-state index >= 15 is 0 Å². The van der Waals surface area contributed by atoms with Crippen LogP contribution in [0.3, 0.4) is 0 Å². The Morgan fingerprint density at radius 2 is 1.63 bits per heavy atom. The summed E-state index contributed by atoms with van der Waals surface area (Å²) in [5, 5.41) is 4.43. The number of aromatic nitrogens is 2. The van der Waals surface area contributed by atoms with Crippen molar-refractivity contribution in [3.63, 3.8) is 0 Å². The van der Waals surface area contributed by atoms with E-state index < -0.39 is 10.0 Å². The average molecular weight is 430 g/mol. The summed E-state index contributed by atoms with van der Waals surface area (Å²) in [6.45, 7) is 8.39. The van der Waals surface area contributed by atoms with Crippen molar-refractivity contribution in [3.8, 4) is 17.2 Å². The smallest absolute Gasteiger partial charge is 0.244 e. The zero-order valence-corrected chi connectivity index (χ0v) is 18.5. The fourth-order valence-corrected chi connectivity index (χ4v) is 4.70. The predicted molar refractivity (Wildman–Crippen MR) is 116 cm³/mol. The first-order chi connectivity index (χ1) is 14.4. The third-order valence-corrected chi connectivity index (χ3v) is 6.22. The Kier molecular flexibility index (Phi) is 6.79. The number of hydrogen-bond acceptors (Lipinski definition) is 5. The molecule has 2 aromatic carbocycles. The number of para-hydroxylation sites is 1. The number of hydrogen-bond donors (Lipinski definition) is 1. The fraction of sp³-hybridized carbons (Fsp3) is 0.318. The van der Waals surface area contributed by atoms with E-state index in [1.54, 1.807) is 30.7 Å². The molecule has 0 aliphatic carbocycles. The average Bonchev–Trinajstić information content (AvgIpc) is 3.04. The molecule has 0 bridgehead atoms. The second-order valence-corrected chi connectivity index (χ2v) is 8.42. The summed E-state index contributed by atoms with van der Waals surface area (Å²) >= 11 is 0. The summed E-state index contributed by atoms with van der Waals surface area (Å²) in [6.07, 6.45) is 0. The van der Waals surface area contributed by atoms with Gasteiger partial charge in [-0.15, -0.1) is 0 Å². The first-order valence-corrected chi connectivity index (χ1v) is 11.4. The van der Waals surface area contributed by atoms with Crippen LogP contribution in [0.5, 0.6) is 11.5 Å². The van der Waals surface area contributed by atoms with E-state index in [9.17, 15) is 8.42 Å². The normalized spacial score (nSPS) is 11.5. The summed E-state index contributed by atoms with van der Waals surface area (Å²) in [6, 6.07) is 14.9. The van der Waals surface area contributed by atoms with Gasteiger partial charge in [-0.3, -0.25) is 0 Å². The van der Waals surface area contributed by atoms with Gasteiger partial charge in [0.15, 0.2) is 11.5 Å². The summed E-state index contributed by atoms with van der Waals surface area (Å²) in [5.41, 5.74) is 2.60. The van der Waals surface area contributed by atoms with Crippen LogP contribution in [0.2, 0.25) is 0 Å². The van der Waals surface area contributed by atoms with Gasteiger partial charge >= 0.3 is 0 Å². The van der Waals surface area contributed by atoms with Crippen molar-refractivity contribution in [1.82, 2.24) is 14.5 Å². The Morgan fingerprint density at radius 3 is 2.30 bits per heavy atom. The van der Waals surface area contributed by atoms with Crippen molar-refractivity contribution in [3.05, 3.63) is 65.5 Å². The maximum absolute atomic E-state index is 13.1. The third-order valence-electron chi connectivity index (χ3n) is 4.57. The van der Waals surface area contributed by atoms with Crippen LogP contribution in [0, 0.1) is 13.8 Å². The third kappa shape index (κ3) is 4.66. The molecular weight excluding hydrogens is 402 g/mol. The number of rotatable bonds is 9. The van der Waals surface area contributed by atoms with Gasteiger partial charge in [0.25, 0.3) is 0 Å². The zero-order chi connectivity index (χ0) is 21.7. The van der Waals surface area contributed by atoms with Crippen molar-refractivity contribution >= 4 is 10.0 Å². The van der Waals surface area contributed by atoms with Gasteiger partial charge in [-0.2, -0.15) is 5.10 Å². The fourth-order valence-electron chi connectivity index (χ4n) is 3.29. The van der Waals surface area contributed by atoms with Gasteiger partial charge in [-0.05, 0) is 57.5 Å². The van der Waals surface area contributed by atoms with Gasteiger partial charge in [0, 0.05) is 6.54 Å². The minimum absolute atomic E-state index is 0.129. The van der Waals surface area contributed by atoms with Gasteiger partial charge in [0.2, 0.25) is 10.0 Å². The number of nitrogens with zero attached hydrogens (tertiary/aromatic N) is 2. The van der Waals surface area contributed by atoms with E-state index in [2.05, 4.69) is 9.82 Å². The molecule has 0 saturated carbocycles. The summed E-state index contributed by atoms with van der Waals surface area (Å²) in [7, 11) is -3.76. The molecule has 0 radical (unpaired) electrons. The van der Waals surface area contributed by atoms with Crippen LogP contribution in [0.15, 0.2) is 53.4 Å². The highest BCUT2D eigenvalue weighted by atomic mass is 32.2. The first kappa shape index (κ1) is 21.9. The molecule has 0 spiro atoms. The number of ether oxygens (including phenoxy) is 2. The lowest BCUT2D eigenvalue weighted by Crippen LogP contribution is -2.24. The number of nitrogens with one attached hydrogen (secondary N) is 1. The number of sulfonamides is 1. The van der Waals surface area contributed by atoms with E-state index in [1.807, 2.05) is 50.2 Å². The Morgan fingerprint density at radius 1 is 0.967 bits per heavy atom. The van der Waals surface area contributed by atoms with Crippen LogP contribution in [-0.4, -0.2) is 31.4 Å². The van der Waals surface area contributed by atoms with Crippen molar-refractivity contribution in [2.75, 3.05) is 13.2 Å². The van der Waals surface area contributed by atoms with Gasteiger partial charge in [-0.1, -0.05) is 24.3 Å². The lowest BCUT2D eigenvalue weighted by atomic mass is 10.2. The van der Waals surface area contributed by atoms with Crippen LogP contribution < -0.4 is 14.2 Å². The molecule has 0 amide bonds. The van der Waals surface area contributed by atoms with Gasteiger partial charge in [0.1, 0.15) is 4.90 Å². The van der Waals surface area contributed by atoms with Crippen molar-refractivity contribution in [1.29, 1.82) is 0 Å². The predicted octanol–water partition coefficient (Wildman–Crippen LogP) is 3.77. The minimum Gasteiger partial charge on any atom is -0.490 e.